The summed E-state index contributed by atoms with van der Waals surface area (Å²) in [6.07, 6.45) is 5.98. The maximum atomic E-state index is 12.3. The van der Waals surface area contributed by atoms with Gasteiger partial charge in [-0.05, 0) is 43.0 Å². The monoisotopic (exact) mass is 403 g/mol. The van der Waals surface area contributed by atoms with Crippen molar-refractivity contribution in [1.82, 2.24) is 9.80 Å². The van der Waals surface area contributed by atoms with Crippen LogP contribution in [0.4, 0.5) is 5.69 Å². The summed E-state index contributed by atoms with van der Waals surface area (Å²) in [7, 11) is 0. The number of fused-ring (bicyclic) bond motifs is 1. The first-order valence-corrected chi connectivity index (χ1v) is 10.8. The number of anilines is 1. The summed E-state index contributed by atoms with van der Waals surface area (Å²) in [6, 6.07) is 17.9. The number of hydrogen-bond donors (Lipinski definition) is 1. The fraction of sp³-hybridized carbons (Fsp3) is 0.360. The van der Waals surface area contributed by atoms with Gasteiger partial charge in [-0.25, -0.2) is 0 Å². The van der Waals surface area contributed by atoms with Gasteiger partial charge in [-0.1, -0.05) is 54.6 Å². The van der Waals surface area contributed by atoms with Crippen molar-refractivity contribution in [3.63, 3.8) is 0 Å². The summed E-state index contributed by atoms with van der Waals surface area (Å²) >= 11 is 0. The van der Waals surface area contributed by atoms with Crippen molar-refractivity contribution in [1.29, 1.82) is 0 Å². The van der Waals surface area contributed by atoms with Gasteiger partial charge in [0.1, 0.15) is 6.04 Å². The number of Topliss-reactive ketones (excluding diaryl/α,β-unsaturated/α-hetero) is 1. The molecule has 2 aliphatic rings. The van der Waals surface area contributed by atoms with E-state index in [4.69, 9.17) is 0 Å². The molecular formula is C25H29N3O2. The predicted molar refractivity (Wildman–Crippen MR) is 120 cm³/mol. The second-order valence-electron chi connectivity index (χ2n) is 8.01. The molecule has 0 saturated heterocycles. The fourth-order valence-corrected chi connectivity index (χ4v) is 4.46. The zero-order valence-corrected chi connectivity index (χ0v) is 17.3. The third kappa shape index (κ3) is 4.69. The van der Waals surface area contributed by atoms with E-state index in [-0.39, 0.29) is 5.78 Å². The highest BCUT2D eigenvalue weighted by Gasteiger charge is 2.32. The number of aldehydes is 1. The molecule has 0 spiro atoms. The number of carbonyl (C=O) groups is 2. The lowest BCUT2D eigenvalue weighted by Gasteiger charge is -2.36. The minimum atomic E-state index is -0.466. The molecule has 5 nitrogen and oxygen atoms in total. The molecule has 5 heteroatoms. The van der Waals surface area contributed by atoms with Crippen LogP contribution in [0.5, 0.6) is 0 Å². The van der Waals surface area contributed by atoms with E-state index in [2.05, 4.69) is 51.5 Å². The van der Waals surface area contributed by atoms with Crippen LogP contribution in [0.1, 0.15) is 36.4 Å². The molecule has 2 aromatic carbocycles. The molecule has 2 aromatic rings. The molecule has 156 valence electrons. The van der Waals surface area contributed by atoms with Crippen LogP contribution < -0.4 is 5.32 Å². The molecule has 0 radical (unpaired) electrons. The SMILES string of the molecule is O=CC(=O)C1c2ccccc2NCN1CCCCN1CC=C(c2ccccc2)CC1. The van der Waals surface area contributed by atoms with Crippen molar-refractivity contribution in [2.75, 3.05) is 38.2 Å². The molecule has 0 saturated carbocycles. The van der Waals surface area contributed by atoms with Crippen molar-refractivity contribution < 1.29 is 9.59 Å². The first-order chi connectivity index (χ1) is 14.8. The van der Waals surface area contributed by atoms with Gasteiger partial charge in [-0.15, -0.1) is 0 Å². The molecule has 4 rings (SSSR count). The second-order valence-corrected chi connectivity index (χ2v) is 8.01. The Bertz CT molecular complexity index is 910. The van der Waals surface area contributed by atoms with Gasteiger partial charge in [0.25, 0.3) is 0 Å². The van der Waals surface area contributed by atoms with Gasteiger partial charge in [0.05, 0.1) is 6.67 Å². The van der Waals surface area contributed by atoms with Crippen LogP contribution in [0.25, 0.3) is 5.57 Å². The highest BCUT2D eigenvalue weighted by molar-refractivity contribution is 6.27. The van der Waals surface area contributed by atoms with Gasteiger partial charge in [0, 0.05) is 30.9 Å². The van der Waals surface area contributed by atoms with Gasteiger partial charge in [0.2, 0.25) is 5.78 Å². The van der Waals surface area contributed by atoms with Crippen LogP contribution in [0, 0.1) is 0 Å². The van der Waals surface area contributed by atoms with Crippen molar-refractivity contribution in [2.24, 2.45) is 0 Å². The largest absolute Gasteiger partial charge is 0.372 e. The van der Waals surface area contributed by atoms with Crippen LogP contribution in [0.2, 0.25) is 0 Å². The lowest BCUT2D eigenvalue weighted by atomic mass is 9.97. The lowest BCUT2D eigenvalue weighted by Crippen LogP contribution is -2.42. The molecule has 1 atom stereocenters. The lowest BCUT2D eigenvalue weighted by molar-refractivity contribution is -0.133. The van der Waals surface area contributed by atoms with Gasteiger partial charge in [-0.2, -0.15) is 0 Å². The van der Waals surface area contributed by atoms with Gasteiger partial charge >= 0.3 is 0 Å². The Morgan fingerprint density at radius 3 is 2.57 bits per heavy atom. The summed E-state index contributed by atoms with van der Waals surface area (Å²) < 4.78 is 0. The number of para-hydroxylation sites is 1. The average Bonchev–Trinajstić information content (AvgIpc) is 2.82. The maximum absolute atomic E-state index is 12.3. The minimum Gasteiger partial charge on any atom is -0.372 e. The van der Waals surface area contributed by atoms with Crippen LogP contribution in [0.15, 0.2) is 60.7 Å². The predicted octanol–water partition coefficient (Wildman–Crippen LogP) is 3.75. The first-order valence-electron chi connectivity index (χ1n) is 10.8. The number of benzene rings is 2. The molecule has 0 fully saturated rings. The average molecular weight is 404 g/mol. The second kappa shape index (κ2) is 9.83. The van der Waals surface area contributed by atoms with Gasteiger partial charge in [0.15, 0.2) is 6.29 Å². The number of hydrogen-bond acceptors (Lipinski definition) is 5. The van der Waals surface area contributed by atoms with Crippen LogP contribution in [-0.4, -0.2) is 54.7 Å². The smallest absolute Gasteiger partial charge is 0.216 e. The van der Waals surface area contributed by atoms with E-state index in [1.54, 1.807) is 0 Å². The minimum absolute atomic E-state index is 0.362. The molecule has 2 aliphatic heterocycles. The normalized spacial score (nSPS) is 19.5. The molecule has 1 unspecified atom stereocenters. The quantitative estimate of drug-likeness (QED) is 0.413. The van der Waals surface area contributed by atoms with Crippen LogP contribution in [0.3, 0.4) is 0 Å². The fourth-order valence-electron chi connectivity index (χ4n) is 4.46. The maximum Gasteiger partial charge on any atom is 0.216 e. The third-order valence-electron chi connectivity index (χ3n) is 6.09. The summed E-state index contributed by atoms with van der Waals surface area (Å²) in [4.78, 5) is 28.1. The summed E-state index contributed by atoms with van der Waals surface area (Å²) in [5, 5.41) is 3.37. The number of ketones is 1. The molecule has 0 aromatic heterocycles. The highest BCUT2D eigenvalue weighted by atomic mass is 16.2. The summed E-state index contributed by atoms with van der Waals surface area (Å²) in [5.41, 5.74) is 4.62. The molecule has 30 heavy (non-hydrogen) atoms. The van der Waals surface area contributed by atoms with E-state index < -0.39 is 6.04 Å². The Morgan fingerprint density at radius 2 is 1.80 bits per heavy atom. The van der Waals surface area contributed by atoms with Crippen molar-refractivity contribution in [2.45, 2.75) is 25.3 Å². The molecule has 2 heterocycles. The third-order valence-corrected chi connectivity index (χ3v) is 6.09. The van der Waals surface area contributed by atoms with E-state index in [0.29, 0.717) is 13.0 Å². The van der Waals surface area contributed by atoms with Crippen LogP contribution in [-0.2, 0) is 9.59 Å². The molecule has 0 aliphatic carbocycles. The summed E-state index contributed by atoms with van der Waals surface area (Å²) in [6.45, 7) is 4.53. The Kier molecular flexibility index (Phi) is 6.72. The van der Waals surface area contributed by atoms with E-state index in [0.717, 1.165) is 56.7 Å². The van der Waals surface area contributed by atoms with Crippen molar-refractivity contribution >= 4 is 23.3 Å². The zero-order chi connectivity index (χ0) is 20.8. The zero-order valence-electron chi connectivity index (χ0n) is 17.3. The van der Waals surface area contributed by atoms with Crippen molar-refractivity contribution in [3.8, 4) is 0 Å². The van der Waals surface area contributed by atoms with E-state index in [1.807, 2.05) is 24.3 Å². The van der Waals surface area contributed by atoms with Gasteiger partial charge < -0.3 is 5.32 Å². The van der Waals surface area contributed by atoms with Gasteiger partial charge in [-0.3, -0.25) is 19.4 Å². The van der Waals surface area contributed by atoms with E-state index in [9.17, 15) is 9.59 Å². The van der Waals surface area contributed by atoms with E-state index >= 15 is 0 Å². The molecule has 0 amide bonds. The van der Waals surface area contributed by atoms with Crippen molar-refractivity contribution in [3.05, 3.63) is 71.8 Å². The first kappa shape index (κ1) is 20.5. The standard InChI is InChI=1S/C25H29N3O2/c29-18-24(30)25-22-10-4-5-11-23(22)26-19-28(25)15-7-6-14-27-16-12-21(13-17-27)20-8-2-1-3-9-20/h1-5,8-12,18,25-26H,6-7,13-17,19H2. The number of carbonyl (C=O) groups excluding carboxylic acids is 2. The number of nitrogens with one attached hydrogen (secondary N) is 1. The number of unbranched alkanes of at least 4 members (excludes halogenated alkanes) is 1. The number of rotatable bonds is 8. The van der Waals surface area contributed by atoms with Crippen LogP contribution >= 0.6 is 0 Å². The highest BCUT2D eigenvalue weighted by Crippen LogP contribution is 2.32. The molecule has 0 bridgehead atoms. The molecule has 1 N–H and O–H groups in total. The van der Waals surface area contributed by atoms with E-state index in [1.165, 1.54) is 11.1 Å². The Hall–Kier alpha value is -2.76. The Morgan fingerprint density at radius 1 is 1.03 bits per heavy atom. The number of nitrogens with zero attached hydrogens (tertiary/aromatic N) is 2. The molecular weight excluding hydrogens is 374 g/mol. The Labute approximate surface area is 178 Å². The Balaban J connectivity index is 1.27. The topological polar surface area (TPSA) is 52.7 Å². The summed E-state index contributed by atoms with van der Waals surface area (Å²) in [5.74, 6) is -0.362.